The SMILES string of the molecule is CCN1CCc2cc(NSc3ccc(C)c(C)c3)c(OC)nc2CC1. The molecule has 0 aliphatic carbocycles. The zero-order valence-electron chi connectivity index (χ0n) is 15.6. The number of aryl methyl sites for hydroxylation is 2. The highest BCUT2D eigenvalue weighted by Crippen LogP contribution is 2.31. The molecule has 0 spiro atoms. The molecular weight excluding hydrogens is 330 g/mol. The van der Waals surface area contributed by atoms with Crippen molar-refractivity contribution in [3.05, 3.63) is 46.6 Å². The Morgan fingerprint density at radius 3 is 2.68 bits per heavy atom. The number of anilines is 1. The van der Waals surface area contributed by atoms with Crippen LogP contribution in [0.25, 0.3) is 0 Å². The number of rotatable bonds is 5. The summed E-state index contributed by atoms with van der Waals surface area (Å²) in [5, 5.41) is 0. The second-order valence-corrected chi connectivity index (χ2v) is 7.42. The molecule has 0 saturated heterocycles. The summed E-state index contributed by atoms with van der Waals surface area (Å²) in [5.41, 5.74) is 6.08. The molecule has 0 fully saturated rings. The van der Waals surface area contributed by atoms with E-state index in [1.807, 2.05) is 0 Å². The Labute approximate surface area is 155 Å². The average Bonchev–Trinajstić information content (AvgIpc) is 2.83. The zero-order valence-corrected chi connectivity index (χ0v) is 16.4. The first kappa shape index (κ1) is 18.1. The number of nitrogens with one attached hydrogen (secondary N) is 1. The van der Waals surface area contributed by atoms with Crippen molar-refractivity contribution >= 4 is 17.6 Å². The summed E-state index contributed by atoms with van der Waals surface area (Å²) >= 11 is 1.61. The largest absolute Gasteiger partial charge is 0.479 e. The first-order valence-corrected chi connectivity index (χ1v) is 9.71. The van der Waals surface area contributed by atoms with E-state index in [0.29, 0.717) is 5.88 Å². The molecule has 0 radical (unpaired) electrons. The summed E-state index contributed by atoms with van der Waals surface area (Å²) in [4.78, 5) is 8.45. The molecule has 2 heterocycles. The third-order valence-electron chi connectivity index (χ3n) is 4.92. The van der Waals surface area contributed by atoms with E-state index in [1.165, 1.54) is 27.3 Å². The number of fused-ring (bicyclic) bond motifs is 1. The van der Waals surface area contributed by atoms with Crippen molar-refractivity contribution in [3.8, 4) is 5.88 Å². The highest BCUT2D eigenvalue weighted by molar-refractivity contribution is 8.00. The summed E-state index contributed by atoms with van der Waals surface area (Å²) in [6, 6.07) is 8.72. The van der Waals surface area contributed by atoms with Crippen LogP contribution >= 0.6 is 11.9 Å². The second kappa shape index (κ2) is 8.11. The van der Waals surface area contributed by atoms with Crippen LogP contribution in [0.2, 0.25) is 0 Å². The van der Waals surface area contributed by atoms with Crippen molar-refractivity contribution in [3.63, 3.8) is 0 Å². The van der Waals surface area contributed by atoms with Crippen LogP contribution in [0.4, 0.5) is 5.69 Å². The van der Waals surface area contributed by atoms with Gasteiger partial charge in [-0.15, -0.1) is 0 Å². The average molecular weight is 358 g/mol. The van der Waals surface area contributed by atoms with Crippen LogP contribution in [0, 0.1) is 13.8 Å². The molecule has 134 valence electrons. The lowest BCUT2D eigenvalue weighted by atomic mass is 10.1. The molecule has 3 rings (SSSR count). The highest BCUT2D eigenvalue weighted by Gasteiger charge is 2.17. The molecule has 0 amide bonds. The number of methoxy groups -OCH3 is 1. The van der Waals surface area contributed by atoms with Crippen molar-refractivity contribution < 1.29 is 4.74 Å². The van der Waals surface area contributed by atoms with Gasteiger partial charge in [0.1, 0.15) is 5.69 Å². The van der Waals surface area contributed by atoms with Gasteiger partial charge in [0.25, 0.3) is 0 Å². The fourth-order valence-electron chi connectivity index (χ4n) is 3.10. The minimum atomic E-state index is 0.681. The molecule has 1 N–H and O–H groups in total. The molecule has 0 unspecified atom stereocenters. The highest BCUT2D eigenvalue weighted by atomic mass is 32.2. The number of ether oxygens (including phenoxy) is 1. The van der Waals surface area contributed by atoms with Crippen LogP contribution in [-0.4, -0.2) is 36.6 Å². The molecule has 1 aliphatic rings. The minimum Gasteiger partial charge on any atom is -0.479 e. The van der Waals surface area contributed by atoms with Gasteiger partial charge < -0.3 is 14.4 Å². The van der Waals surface area contributed by atoms with Gasteiger partial charge in [0, 0.05) is 30.1 Å². The maximum atomic E-state index is 5.54. The fraction of sp³-hybridized carbons (Fsp3) is 0.450. The Kier molecular flexibility index (Phi) is 5.86. The second-order valence-electron chi connectivity index (χ2n) is 6.54. The van der Waals surface area contributed by atoms with Gasteiger partial charge in [-0.05, 0) is 73.7 Å². The van der Waals surface area contributed by atoms with Gasteiger partial charge in [-0.25, -0.2) is 4.98 Å². The van der Waals surface area contributed by atoms with Crippen molar-refractivity contribution in [2.45, 2.75) is 38.5 Å². The standard InChI is InChI=1S/C20H27N3OS/c1-5-23-10-8-16-13-19(20(24-4)21-18(16)9-11-23)22-25-17-7-6-14(2)15(3)12-17/h6-7,12-13,22H,5,8-11H2,1-4H3. The van der Waals surface area contributed by atoms with Gasteiger partial charge in [-0.1, -0.05) is 13.0 Å². The van der Waals surface area contributed by atoms with Gasteiger partial charge in [0.2, 0.25) is 5.88 Å². The minimum absolute atomic E-state index is 0.681. The van der Waals surface area contributed by atoms with E-state index in [-0.39, 0.29) is 0 Å². The Morgan fingerprint density at radius 1 is 1.16 bits per heavy atom. The van der Waals surface area contributed by atoms with Gasteiger partial charge in [0.15, 0.2) is 0 Å². The molecule has 0 atom stereocenters. The molecule has 1 aromatic heterocycles. The predicted octanol–water partition coefficient (Wildman–Crippen LogP) is 4.25. The van der Waals surface area contributed by atoms with E-state index >= 15 is 0 Å². The molecule has 0 saturated carbocycles. The Morgan fingerprint density at radius 2 is 1.96 bits per heavy atom. The molecule has 4 nitrogen and oxygen atoms in total. The van der Waals surface area contributed by atoms with E-state index < -0.39 is 0 Å². The number of nitrogens with zero attached hydrogens (tertiary/aromatic N) is 2. The third kappa shape index (κ3) is 4.28. The lowest BCUT2D eigenvalue weighted by molar-refractivity contribution is 0.303. The molecule has 1 aliphatic heterocycles. The lowest BCUT2D eigenvalue weighted by Crippen LogP contribution is -2.25. The van der Waals surface area contributed by atoms with Crippen molar-refractivity contribution in [2.75, 3.05) is 31.5 Å². The molecule has 2 aromatic rings. The Hall–Kier alpha value is -1.72. The van der Waals surface area contributed by atoms with Crippen molar-refractivity contribution in [1.82, 2.24) is 9.88 Å². The Balaban J connectivity index is 1.79. The maximum Gasteiger partial charge on any atom is 0.238 e. The molecule has 25 heavy (non-hydrogen) atoms. The summed E-state index contributed by atoms with van der Waals surface area (Å²) in [6.07, 6.45) is 2.03. The maximum absolute atomic E-state index is 5.54. The number of hydrogen-bond acceptors (Lipinski definition) is 5. The van der Waals surface area contributed by atoms with Crippen LogP contribution in [0.1, 0.15) is 29.3 Å². The number of aromatic nitrogens is 1. The number of likely N-dealkylation sites (N-methyl/N-ethyl adjacent to an activating group) is 1. The van der Waals surface area contributed by atoms with E-state index in [2.05, 4.69) is 54.7 Å². The third-order valence-corrected chi connectivity index (χ3v) is 5.73. The first-order valence-electron chi connectivity index (χ1n) is 8.90. The van der Waals surface area contributed by atoms with Crippen LogP contribution < -0.4 is 9.46 Å². The van der Waals surface area contributed by atoms with E-state index in [0.717, 1.165) is 38.2 Å². The van der Waals surface area contributed by atoms with Crippen molar-refractivity contribution in [2.24, 2.45) is 0 Å². The number of benzene rings is 1. The summed E-state index contributed by atoms with van der Waals surface area (Å²) < 4.78 is 8.97. The molecular formula is C20H27N3OS. The van der Waals surface area contributed by atoms with Crippen LogP contribution in [0.15, 0.2) is 29.2 Å². The summed E-state index contributed by atoms with van der Waals surface area (Å²) in [6.45, 7) is 9.76. The van der Waals surface area contributed by atoms with E-state index in [4.69, 9.17) is 9.72 Å². The summed E-state index contributed by atoms with van der Waals surface area (Å²) in [7, 11) is 1.69. The lowest BCUT2D eigenvalue weighted by Gasteiger charge is -2.15. The zero-order chi connectivity index (χ0) is 17.8. The van der Waals surface area contributed by atoms with Crippen molar-refractivity contribution in [1.29, 1.82) is 0 Å². The fourth-order valence-corrected chi connectivity index (χ4v) is 3.84. The normalized spacial score (nSPS) is 14.7. The first-order chi connectivity index (χ1) is 12.1. The van der Waals surface area contributed by atoms with Crippen LogP contribution in [0.3, 0.4) is 0 Å². The summed E-state index contributed by atoms with van der Waals surface area (Å²) in [5.74, 6) is 0.681. The molecule has 1 aromatic carbocycles. The van der Waals surface area contributed by atoms with Crippen LogP contribution in [0.5, 0.6) is 5.88 Å². The predicted molar refractivity (Wildman–Crippen MR) is 106 cm³/mol. The van der Waals surface area contributed by atoms with Gasteiger partial charge in [0.05, 0.1) is 7.11 Å². The molecule has 0 bridgehead atoms. The quantitative estimate of drug-likeness (QED) is 0.810. The number of hydrogen-bond donors (Lipinski definition) is 1. The molecule has 5 heteroatoms. The Bertz CT molecular complexity index is 748. The topological polar surface area (TPSA) is 37.4 Å². The monoisotopic (exact) mass is 357 g/mol. The van der Waals surface area contributed by atoms with Gasteiger partial charge in [-0.2, -0.15) is 0 Å². The van der Waals surface area contributed by atoms with E-state index in [9.17, 15) is 0 Å². The van der Waals surface area contributed by atoms with E-state index in [1.54, 1.807) is 19.1 Å². The van der Waals surface area contributed by atoms with Crippen LogP contribution in [-0.2, 0) is 12.8 Å². The van der Waals surface area contributed by atoms with Gasteiger partial charge in [-0.3, -0.25) is 0 Å². The van der Waals surface area contributed by atoms with Gasteiger partial charge >= 0.3 is 0 Å². The number of pyridine rings is 1. The smallest absolute Gasteiger partial charge is 0.238 e.